The first-order valence-electron chi connectivity index (χ1n) is 9.48. The van der Waals surface area contributed by atoms with Crippen LogP contribution in [0, 0.1) is 0 Å². The Morgan fingerprint density at radius 3 is 2.81 bits per heavy atom. The first-order chi connectivity index (χ1) is 14.7. The Labute approximate surface area is 179 Å². The van der Waals surface area contributed by atoms with E-state index in [-0.39, 0.29) is 18.7 Å². The van der Waals surface area contributed by atoms with Gasteiger partial charge < -0.3 is 10.0 Å². The molecule has 0 radical (unpaired) electrons. The van der Waals surface area contributed by atoms with Gasteiger partial charge in [0, 0.05) is 25.2 Å². The van der Waals surface area contributed by atoms with E-state index in [4.69, 9.17) is 16.7 Å². The number of aliphatic hydroxyl groups excluding tert-OH is 1. The van der Waals surface area contributed by atoms with Crippen LogP contribution in [0.2, 0.25) is 5.02 Å². The number of fused-ring (bicyclic) bond motifs is 1. The highest BCUT2D eigenvalue weighted by Crippen LogP contribution is 2.38. The summed E-state index contributed by atoms with van der Waals surface area (Å²) in [7, 11) is 0. The lowest BCUT2D eigenvalue weighted by atomic mass is 10.0. The second-order valence-electron chi connectivity index (χ2n) is 7.08. The minimum atomic E-state index is -4.66. The van der Waals surface area contributed by atoms with Crippen LogP contribution in [0.25, 0.3) is 5.82 Å². The van der Waals surface area contributed by atoms with Crippen LogP contribution in [0.5, 0.6) is 0 Å². The molecule has 0 fully saturated rings. The zero-order valence-corrected chi connectivity index (χ0v) is 17.1. The number of carbonyl (C=O) groups is 1. The molecule has 1 atom stereocenters. The van der Waals surface area contributed by atoms with Gasteiger partial charge in [0.25, 0.3) is 5.91 Å². The largest absolute Gasteiger partial charge is 0.417 e. The van der Waals surface area contributed by atoms with Crippen molar-refractivity contribution in [3.63, 3.8) is 0 Å². The topological polar surface area (TPSA) is 89.1 Å². The fraction of sp³-hybridized carbons (Fsp3) is 0.368. The number of amides is 1. The van der Waals surface area contributed by atoms with E-state index in [0.717, 1.165) is 11.8 Å². The number of hydrogen-bond donors (Lipinski definition) is 1. The number of halogens is 4. The van der Waals surface area contributed by atoms with Gasteiger partial charge in [-0.2, -0.15) is 23.0 Å². The lowest BCUT2D eigenvalue weighted by molar-refractivity contribution is -0.137. The maximum Gasteiger partial charge on any atom is 0.417 e. The molecule has 0 saturated heterocycles. The predicted molar refractivity (Wildman–Crippen MR) is 104 cm³/mol. The van der Waals surface area contributed by atoms with Gasteiger partial charge in [0.1, 0.15) is 5.69 Å². The number of nitrogens with zero attached hydrogens (tertiary/aromatic N) is 6. The molecular formula is C19H18ClF3N6O2. The molecule has 0 saturated carbocycles. The molecule has 3 aromatic rings. The van der Waals surface area contributed by atoms with Crippen LogP contribution in [0.4, 0.5) is 13.2 Å². The summed E-state index contributed by atoms with van der Waals surface area (Å²) in [4.78, 5) is 14.5. The van der Waals surface area contributed by atoms with Crippen LogP contribution < -0.4 is 0 Å². The fourth-order valence-electron chi connectivity index (χ4n) is 3.66. The normalized spacial score (nSPS) is 16.5. The van der Waals surface area contributed by atoms with Crippen molar-refractivity contribution in [2.75, 3.05) is 13.2 Å². The molecule has 3 heterocycles. The third kappa shape index (κ3) is 3.79. The standard InChI is InChI=1S/C19H18ClF3N6O2/c1-11-17-14(29(26-24-17)15-6-7-27(25-15)9-10-30)5-8-28(11)18(31)12-3-2-4-13(16(12)20)19(21,22)23/h2-4,6-7,11,30H,5,8-10H2,1H3. The quantitative estimate of drug-likeness (QED) is 0.655. The zero-order chi connectivity index (χ0) is 22.3. The molecule has 8 nitrogen and oxygen atoms in total. The van der Waals surface area contributed by atoms with Gasteiger partial charge in [0.05, 0.1) is 41.0 Å². The van der Waals surface area contributed by atoms with E-state index in [0.29, 0.717) is 24.5 Å². The first kappa shape index (κ1) is 21.3. The average Bonchev–Trinajstić information content (AvgIpc) is 3.34. The molecule has 0 bridgehead atoms. The van der Waals surface area contributed by atoms with Crippen LogP contribution in [0.1, 0.15) is 40.3 Å². The van der Waals surface area contributed by atoms with Gasteiger partial charge in [-0.15, -0.1) is 5.10 Å². The number of hydrogen-bond acceptors (Lipinski definition) is 5. The Morgan fingerprint density at radius 1 is 1.32 bits per heavy atom. The summed E-state index contributed by atoms with van der Waals surface area (Å²) in [6.07, 6.45) is -2.56. The smallest absolute Gasteiger partial charge is 0.394 e. The van der Waals surface area contributed by atoms with E-state index in [2.05, 4.69) is 15.4 Å². The van der Waals surface area contributed by atoms with Crippen LogP contribution in [-0.2, 0) is 19.1 Å². The molecule has 4 rings (SSSR count). The maximum atomic E-state index is 13.2. The highest BCUT2D eigenvalue weighted by atomic mass is 35.5. The molecule has 1 aliphatic heterocycles. The van der Waals surface area contributed by atoms with E-state index in [1.54, 1.807) is 28.6 Å². The highest BCUT2D eigenvalue weighted by molar-refractivity contribution is 6.34. The molecule has 2 aromatic heterocycles. The van der Waals surface area contributed by atoms with Gasteiger partial charge in [0.15, 0.2) is 5.82 Å². The second-order valence-corrected chi connectivity index (χ2v) is 7.46. The van der Waals surface area contributed by atoms with E-state index < -0.39 is 28.7 Å². The molecule has 12 heteroatoms. The number of aliphatic hydroxyl groups is 1. The van der Waals surface area contributed by atoms with Gasteiger partial charge in [-0.1, -0.05) is 22.9 Å². The Hall–Kier alpha value is -2.92. The molecule has 0 aliphatic carbocycles. The van der Waals surface area contributed by atoms with Gasteiger partial charge >= 0.3 is 6.18 Å². The summed E-state index contributed by atoms with van der Waals surface area (Å²) < 4.78 is 42.6. The van der Waals surface area contributed by atoms with Crippen LogP contribution in [-0.4, -0.2) is 53.8 Å². The van der Waals surface area contributed by atoms with Crippen molar-refractivity contribution in [2.45, 2.75) is 32.1 Å². The minimum absolute atomic E-state index is 0.0528. The van der Waals surface area contributed by atoms with Crippen molar-refractivity contribution >= 4 is 17.5 Å². The van der Waals surface area contributed by atoms with Gasteiger partial charge in [-0.3, -0.25) is 9.48 Å². The first-order valence-corrected chi connectivity index (χ1v) is 9.86. The van der Waals surface area contributed by atoms with E-state index in [1.807, 2.05) is 0 Å². The average molecular weight is 455 g/mol. The molecule has 0 spiro atoms. The van der Waals surface area contributed by atoms with Crippen molar-refractivity contribution in [1.82, 2.24) is 29.7 Å². The second kappa shape index (κ2) is 7.97. The third-order valence-corrected chi connectivity index (χ3v) is 5.62. The van der Waals surface area contributed by atoms with Gasteiger partial charge in [0.2, 0.25) is 0 Å². The van der Waals surface area contributed by atoms with Crippen molar-refractivity contribution < 1.29 is 23.1 Å². The lowest BCUT2D eigenvalue weighted by Crippen LogP contribution is -2.39. The van der Waals surface area contributed by atoms with Gasteiger partial charge in [-0.05, 0) is 19.1 Å². The SMILES string of the molecule is CC1c2nnn(-c3ccn(CCO)n3)c2CCN1C(=O)c1cccc(C(F)(F)F)c1Cl. The molecule has 1 N–H and O–H groups in total. The Balaban J connectivity index is 1.62. The lowest BCUT2D eigenvalue weighted by Gasteiger charge is -2.33. The molecule has 31 heavy (non-hydrogen) atoms. The van der Waals surface area contributed by atoms with Crippen LogP contribution in [0.3, 0.4) is 0 Å². The molecule has 1 unspecified atom stereocenters. The predicted octanol–water partition coefficient (Wildman–Crippen LogP) is 2.89. The number of rotatable bonds is 4. The number of alkyl halides is 3. The van der Waals surface area contributed by atoms with E-state index in [1.165, 1.54) is 17.0 Å². The van der Waals surface area contributed by atoms with E-state index in [9.17, 15) is 18.0 Å². The molecule has 1 aliphatic rings. The Kier molecular flexibility index (Phi) is 5.48. The highest BCUT2D eigenvalue weighted by Gasteiger charge is 2.37. The fourth-order valence-corrected chi connectivity index (χ4v) is 3.98. The van der Waals surface area contributed by atoms with Crippen molar-refractivity contribution in [2.24, 2.45) is 0 Å². The van der Waals surface area contributed by atoms with Crippen molar-refractivity contribution in [1.29, 1.82) is 0 Å². The monoisotopic (exact) mass is 454 g/mol. The van der Waals surface area contributed by atoms with E-state index >= 15 is 0 Å². The minimum Gasteiger partial charge on any atom is -0.394 e. The van der Waals surface area contributed by atoms with Crippen LogP contribution >= 0.6 is 11.6 Å². The van der Waals surface area contributed by atoms with Crippen molar-refractivity contribution in [3.05, 3.63) is 58.0 Å². The molecule has 164 valence electrons. The summed E-state index contributed by atoms with van der Waals surface area (Å²) in [6, 6.07) is 4.51. The summed E-state index contributed by atoms with van der Waals surface area (Å²) in [5, 5.41) is 21.1. The number of benzene rings is 1. The summed E-state index contributed by atoms with van der Waals surface area (Å²) in [5.41, 5.74) is 0.0528. The summed E-state index contributed by atoms with van der Waals surface area (Å²) >= 11 is 5.94. The Bertz CT molecular complexity index is 1130. The van der Waals surface area contributed by atoms with Crippen LogP contribution in [0.15, 0.2) is 30.5 Å². The number of carbonyl (C=O) groups excluding carboxylic acids is 1. The van der Waals surface area contributed by atoms with Gasteiger partial charge in [-0.25, -0.2) is 0 Å². The van der Waals surface area contributed by atoms with Crippen molar-refractivity contribution in [3.8, 4) is 5.82 Å². The zero-order valence-electron chi connectivity index (χ0n) is 16.3. The third-order valence-electron chi connectivity index (χ3n) is 5.21. The summed E-state index contributed by atoms with van der Waals surface area (Å²) in [6.45, 7) is 2.28. The molecule has 1 amide bonds. The Morgan fingerprint density at radius 2 is 2.10 bits per heavy atom. The summed E-state index contributed by atoms with van der Waals surface area (Å²) in [5.74, 6) is -0.0777. The number of aromatic nitrogens is 5. The molecular weight excluding hydrogens is 437 g/mol. The molecule has 1 aromatic carbocycles. The maximum absolute atomic E-state index is 13.2.